The van der Waals surface area contributed by atoms with Gasteiger partial charge in [-0.05, 0) is 43.9 Å². The van der Waals surface area contributed by atoms with Crippen LogP contribution in [0.1, 0.15) is 5.56 Å². The fourth-order valence-electron chi connectivity index (χ4n) is 4.26. The largest absolute Gasteiger partial charge is 0.335 e. The molecule has 0 unspecified atom stereocenters. The van der Waals surface area contributed by atoms with Crippen molar-refractivity contribution in [2.45, 2.75) is 6.54 Å². The molecule has 6 aromatic rings. The van der Waals surface area contributed by atoms with E-state index in [0.29, 0.717) is 33.8 Å². The van der Waals surface area contributed by atoms with Gasteiger partial charge in [0.15, 0.2) is 11.5 Å². The molecular weight excluding hydrogens is 443 g/mol. The number of hydrogen-bond donors (Lipinski definition) is 2. The number of hydrogen-bond acceptors (Lipinski definition) is 6. The number of aromatic amines is 2. The Kier molecular flexibility index (Phi) is 5.04. The Balaban J connectivity index is 1.46. The third kappa shape index (κ3) is 3.81. The van der Waals surface area contributed by atoms with Crippen LogP contribution in [0.15, 0.2) is 67.3 Å². The van der Waals surface area contributed by atoms with Gasteiger partial charge in [-0.25, -0.2) is 14.4 Å². The highest BCUT2D eigenvalue weighted by molar-refractivity contribution is 5.96. The Morgan fingerprint density at radius 2 is 1.86 bits per heavy atom. The second-order valence-corrected chi connectivity index (χ2v) is 8.63. The molecule has 172 valence electrons. The van der Waals surface area contributed by atoms with Crippen LogP contribution in [0.25, 0.3) is 56.0 Å². The minimum absolute atomic E-state index is 0.304. The molecule has 0 saturated heterocycles. The summed E-state index contributed by atoms with van der Waals surface area (Å²) >= 11 is 0. The summed E-state index contributed by atoms with van der Waals surface area (Å²) in [6.45, 7) is 0.788. The molecule has 0 aliphatic heterocycles. The van der Waals surface area contributed by atoms with Crippen molar-refractivity contribution in [1.29, 1.82) is 0 Å². The van der Waals surface area contributed by atoms with E-state index in [0.717, 1.165) is 34.3 Å². The maximum Gasteiger partial charge on any atom is 0.178 e. The van der Waals surface area contributed by atoms with Crippen molar-refractivity contribution in [2.24, 2.45) is 0 Å². The number of nitrogens with one attached hydrogen (secondary N) is 2. The van der Waals surface area contributed by atoms with Gasteiger partial charge in [0.05, 0.1) is 22.9 Å². The molecule has 8 nitrogen and oxygen atoms in total. The highest BCUT2D eigenvalue weighted by atomic mass is 19.1. The molecular formula is C26H21FN8. The minimum Gasteiger partial charge on any atom is -0.335 e. The lowest BCUT2D eigenvalue weighted by atomic mass is 10.1. The van der Waals surface area contributed by atoms with Gasteiger partial charge < -0.3 is 9.88 Å². The zero-order valence-electron chi connectivity index (χ0n) is 19.1. The van der Waals surface area contributed by atoms with Crippen LogP contribution in [0.3, 0.4) is 0 Å². The highest BCUT2D eigenvalue weighted by Gasteiger charge is 2.18. The Hall–Kier alpha value is -4.50. The number of pyridine rings is 3. The van der Waals surface area contributed by atoms with Gasteiger partial charge in [0.25, 0.3) is 0 Å². The van der Waals surface area contributed by atoms with Crippen LogP contribution in [0.4, 0.5) is 4.39 Å². The molecule has 5 heterocycles. The van der Waals surface area contributed by atoms with E-state index in [1.165, 1.54) is 6.07 Å². The summed E-state index contributed by atoms with van der Waals surface area (Å²) in [5.41, 5.74) is 6.55. The fraction of sp³-hybridized carbons (Fsp3) is 0.115. The summed E-state index contributed by atoms with van der Waals surface area (Å²) < 4.78 is 14.5. The van der Waals surface area contributed by atoms with E-state index in [1.54, 1.807) is 42.9 Å². The van der Waals surface area contributed by atoms with Crippen LogP contribution in [-0.4, -0.2) is 54.1 Å². The average molecular weight is 465 g/mol. The molecule has 2 N–H and O–H groups in total. The Bertz CT molecular complexity index is 1680. The first kappa shape index (κ1) is 21.1. The summed E-state index contributed by atoms with van der Waals surface area (Å²) in [6.07, 6.45) is 7.05. The Morgan fingerprint density at radius 3 is 2.71 bits per heavy atom. The molecule has 6 rings (SSSR count). The van der Waals surface area contributed by atoms with Crippen LogP contribution in [0.2, 0.25) is 0 Å². The van der Waals surface area contributed by atoms with Gasteiger partial charge in [0.1, 0.15) is 11.5 Å². The first-order valence-corrected chi connectivity index (χ1v) is 11.1. The van der Waals surface area contributed by atoms with Crippen molar-refractivity contribution in [1.82, 2.24) is 40.0 Å². The third-order valence-electron chi connectivity index (χ3n) is 5.82. The van der Waals surface area contributed by atoms with Crippen LogP contribution >= 0.6 is 0 Å². The van der Waals surface area contributed by atoms with Gasteiger partial charge in [0.2, 0.25) is 0 Å². The van der Waals surface area contributed by atoms with Gasteiger partial charge in [-0.2, -0.15) is 5.10 Å². The van der Waals surface area contributed by atoms with E-state index < -0.39 is 0 Å². The van der Waals surface area contributed by atoms with Gasteiger partial charge >= 0.3 is 0 Å². The fourth-order valence-corrected chi connectivity index (χ4v) is 4.26. The zero-order chi connectivity index (χ0) is 23.9. The molecule has 9 heteroatoms. The summed E-state index contributed by atoms with van der Waals surface area (Å²) in [5, 5.41) is 8.38. The molecule has 0 radical (unpaired) electrons. The number of nitrogens with zero attached hydrogens (tertiary/aromatic N) is 6. The topological polar surface area (TPSA) is 99.3 Å². The number of H-pyrrole nitrogens is 2. The van der Waals surface area contributed by atoms with Crippen molar-refractivity contribution < 1.29 is 4.39 Å². The maximum atomic E-state index is 14.5. The third-order valence-corrected chi connectivity index (χ3v) is 5.82. The van der Waals surface area contributed by atoms with Crippen LogP contribution in [0.5, 0.6) is 0 Å². The van der Waals surface area contributed by atoms with Crippen molar-refractivity contribution >= 4 is 22.1 Å². The van der Waals surface area contributed by atoms with Crippen molar-refractivity contribution in [3.05, 3.63) is 78.6 Å². The molecule has 0 aliphatic rings. The molecule has 0 bridgehead atoms. The van der Waals surface area contributed by atoms with E-state index in [9.17, 15) is 4.39 Å². The van der Waals surface area contributed by atoms with Gasteiger partial charge in [-0.15, -0.1) is 0 Å². The Morgan fingerprint density at radius 1 is 0.971 bits per heavy atom. The molecule has 0 fully saturated rings. The summed E-state index contributed by atoms with van der Waals surface area (Å²) in [6, 6.07) is 12.5. The second kappa shape index (κ2) is 8.37. The molecule has 0 atom stereocenters. The standard InChI is InChI=1S/C26H21FN8/c1-35(2)14-15-9-16(12-28-11-15)21-10-19-22(13-30-21)33-34-24(19)26-31-23-18(7-8-29-25(23)32-26)17-5-3-4-6-20(17)27/h3-13H,14H2,1-2H3,(H,33,34)(H,29,31,32). The molecule has 35 heavy (non-hydrogen) atoms. The predicted octanol–water partition coefficient (Wildman–Crippen LogP) is 4.83. The number of halogens is 1. The van der Waals surface area contributed by atoms with Gasteiger partial charge in [0, 0.05) is 47.2 Å². The van der Waals surface area contributed by atoms with E-state index in [-0.39, 0.29) is 5.82 Å². The first-order chi connectivity index (χ1) is 17.1. The molecule has 5 aromatic heterocycles. The molecule has 1 aromatic carbocycles. The lowest BCUT2D eigenvalue weighted by Gasteiger charge is -2.10. The second-order valence-electron chi connectivity index (χ2n) is 8.63. The smallest absolute Gasteiger partial charge is 0.178 e. The highest BCUT2D eigenvalue weighted by Crippen LogP contribution is 2.32. The van der Waals surface area contributed by atoms with E-state index in [1.807, 2.05) is 26.4 Å². The summed E-state index contributed by atoms with van der Waals surface area (Å²) in [4.78, 5) is 23.4. The van der Waals surface area contributed by atoms with Gasteiger partial charge in [-0.1, -0.05) is 18.2 Å². The van der Waals surface area contributed by atoms with Gasteiger partial charge in [-0.3, -0.25) is 15.1 Å². The van der Waals surface area contributed by atoms with Crippen molar-refractivity contribution in [3.63, 3.8) is 0 Å². The van der Waals surface area contributed by atoms with E-state index in [2.05, 4.69) is 46.1 Å². The number of rotatable bonds is 5. The SMILES string of the molecule is CN(C)Cc1cncc(-c2cc3c(-c4nc5nccc(-c6ccccc6F)c5[nH]4)n[nH]c3cn2)c1. The molecule has 0 saturated carbocycles. The quantitative estimate of drug-likeness (QED) is 0.379. The monoisotopic (exact) mass is 464 g/mol. The lowest BCUT2D eigenvalue weighted by Crippen LogP contribution is -2.10. The summed E-state index contributed by atoms with van der Waals surface area (Å²) in [5.74, 6) is 0.237. The van der Waals surface area contributed by atoms with Crippen LogP contribution in [-0.2, 0) is 6.54 Å². The molecule has 0 spiro atoms. The number of imidazole rings is 1. The van der Waals surface area contributed by atoms with Crippen molar-refractivity contribution in [3.8, 4) is 33.9 Å². The normalized spacial score (nSPS) is 11.7. The number of fused-ring (bicyclic) bond motifs is 2. The van der Waals surface area contributed by atoms with Crippen LogP contribution < -0.4 is 0 Å². The average Bonchev–Trinajstić information content (AvgIpc) is 3.47. The number of aromatic nitrogens is 7. The van der Waals surface area contributed by atoms with E-state index in [4.69, 9.17) is 0 Å². The first-order valence-electron chi connectivity index (χ1n) is 11.1. The molecule has 0 aliphatic carbocycles. The van der Waals surface area contributed by atoms with E-state index >= 15 is 0 Å². The zero-order valence-corrected chi connectivity index (χ0v) is 19.1. The lowest BCUT2D eigenvalue weighted by molar-refractivity contribution is 0.402. The predicted molar refractivity (Wildman–Crippen MR) is 133 cm³/mol. The molecule has 0 amide bonds. The summed E-state index contributed by atoms with van der Waals surface area (Å²) in [7, 11) is 4.04. The number of benzene rings is 1. The minimum atomic E-state index is -0.304. The van der Waals surface area contributed by atoms with Crippen molar-refractivity contribution in [2.75, 3.05) is 14.1 Å². The Labute approximate surface area is 199 Å². The maximum absolute atomic E-state index is 14.5. The van der Waals surface area contributed by atoms with Crippen LogP contribution in [0, 0.1) is 5.82 Å².